The fourth-order valence-corrected chi connectivity index (χ4v) is 3.47. The first-order chi connectivity index (χ1) is 11.9. The number of hydrogen-bond acceptors (Lipinski definition) is 2. The van der Waals surface area contributed by atoms with E-state index in [2.05, 4.69) is 5.32 Å². The molecule has 3 N–H and O–H groups in total. The number of rotatable bonds is 5. The molecular formula is C18H20Cl3N2O2+. The molecule has 1 aliphatic rings. The SMILES string of the molecule is O=C(N[C@@H]([NH2+]C[C@H]1CCCO1)C(Cl)(Cl)Cl)c1cccc2ccccc12. The average molecular weight is 403 g/mol. The summed E-state index contributed by atoms with van der Waals surface area (Å²) in [6, 6.07) is 13.3. The van der Waals surface area contributed by atoms with Crippen LogP contribution in [0.2, 0.25) is 0 Å². The van der Waals surface area contributed by atoms with E-state index in [9.17, 15) is 4.79 Å². The third kappa shape index (κ3) is 4.78. The van der Waals surface area contributed by atoms with Crippen molar-refractivity contribution in [3.8, 4) is 0 Å². The Morgan fingerprint density at radius 3 is 2.72 bits per heavy atom. The van der Waals surface area contributed by atoms with Gasteiger partial charge in [-0.2, -0.15) is 0 Å². The Morgan fingerprint density at radius 2 is 2.00 bits per heavy atom. The molecule has 1 amide bonds. The first-order valence-corrected chi connectivity index (χ1v) is 9.39. The third-order valence-electron chi connectivity index (χ3n) is 4.33. The maximum absolute atomic E-state index is 12.8. The molecular weight excluding hydrogens is 383 g/mol. The lowest BCUT2D eigenvalue weighted by Gasteiger charge is -2.24. The Morgan fingerprint density at radius 1 is 1.24 bits per heavy atom. The third-order valence-corrected chi connectivity index (χ3v) is 5.04. The van der Waals surface area contributed by atoms with E-state index in [1.807, 2.05) is 41.7 Å². The second-order valence-electron chi connectivity index (χ2n) is 6.13. The van der Waals surface area contributed by atoms with E-state index in [4.69, 9.17) is 39.5 Å². The molecule has 3 rings (SSSR count). The lowest BCUT2D eigenvalue weighted by atomic mass is 10.0. The number of carbonyl (C=O) groups excluding carboxylic acids is 1. The smallest absolute Gasteiger partial charge is 0.262 e. The minimum Gasteiger partial charge on any atom is -0.372 e. The number of halogens is 3. The maximum atomic E-state index is 12.8. The summed E-state index contributed by atoms with van der Waals surface area (Å²) in [5.41, 5.74) is 0.558. The molecule has 2 atom stereocenters. The van der Waals surface area contributed by atoms with Gasteiger partial charge in [0.25, 0.3) is 9.70 Å². The lowest BCUT2D eigenvalue weighted by Crippen LogP contribution is -2.97. The van der Waals surface area contributed by atoms with Gasteiger partial charge in [0.1, 0.15) is 12.6 Å². The second kappa shape index (κ2) is 8.11. The van der Waals surface area contributed by atoms with Crippen LogP contribution in [0.3, 0.4) is 0 Å². The molecule has 2 aromatic rings. The van der Waals surface area contributed by atoms with Crippen molar-refractivity contribution >= 4 is 51.5 Å². The monoisotopic (exact) mass is 401 g/mol. The highest BCUT2D eigenvalue weighted by Crippen LogP contribution is 2.28. The Bertz CT molecular complexity index is 737. The normalized spacial score (nSPS) is 19.1. The first kappa shape index (κ1) is 18.7. The Labute approximate surface area is 161 Å². The summed E-state index contributed by atoms with van der Waals surface area (Å²) in [5, 5.41) is 6.52. The molecule has 1 heterocycles. The minimum absolute atomic E-state index is 0.129. The molecule has 1 aliphatic heterocycles. The number of nitrogens with two attached hydrogens (primary N) is 1. The number of nitrogens with one attached hydrogen (secondary N) is 1. The molecule has 2 aromatic carbocycles. The van der Waals surface area contributed by atoms with Gasteiger partial charge in [0.15, 0.2) is 0 Å². The zero-order valence-electron chi connectivity index (χ0n) is 13.6. The van der Waals surface area contributed by atoms with E-state index >= 15 is 0 Å². The van der Waals surface area contributed by atoms with Gasteiger partial charge in [-0.25, -0.2) is 0 Å². The van der Waals surface area contributed by atoms with Gasteiger partial charge in [-0.1, -0.05) is 71.2 Å². The van der Waals surface area contributed by atoms with Gasteiger partial charge in [0.05, 0.1) is 0 Å². The van der Waals surface area contributed by atoms with Crippen LogP contribution in [0.4, 0.5) is 0 Å². The number of hydrogen-bond donors (Lipinski definition) is 2. The predicted molar refractivity (Wildman–Crippen MR) is 101 cm³/mol. The van der Waals surface area contributed by atoms with Gasteiger partial charge in [-0.15, -0.1) is 0 Å². The molecule has 4 nitrogen and oxygen atoms in total. The topological polar surface area (TPSA) is 54.9 Å². The van der Waals surface area contributed by atoms with Crippen LogP contribution in [0.25, 0.3) is 10.8 Å². The quantitative estimate of drug-likeness (QED) is 0.597. The summed E-state index contributed by atoms with van der Waals surface area (Å²) in [5.74, 6) is -0.267. The van der Waals surface area contributed by atoms with Gasteiger partial charge in [0.2, 0.25) is 6.17 Å². The summed E-state index contributed by atoms with van der Waals surface area (Å²) >= 11 is 18.2. The Hall–Kier alpha value is -1.04. The van der Waals surface area contributed by atoms with Gasteiger partial charge in [-0.3, -0.25) is 10.1 Å². The van der Waals surface area contributed by atoms with Crippen molar-refractivity contribution in [2.45, 2.75) is 28.9 Å². The van der Waals surface area contributed by atoms with Crippen LogP contribution in [-0.4, -0.2) is 35.1 Å². The fraction of sp³-hybridized carbons (Fsp3) is 0.389. The maximum Gasteiger partial charge on any atom is 0.262 e. The van der Waals surface area contributed by atoms with Crippen LogP contribution in [0.15, 0.2) is 42.5 Å². The van der Waals surface area contributed by atoms with Crippen molar-refractivity contribution < 1.29 is 14.8 Å². The number of amides is 1. The van der Waals surface area contributed by atoms with E-state index in [-0.39, 0.29) is 12.0 Å². The molecule has 0 radical (unpaired) electrons. The van der Waals surface area contributed by atoms with Gasteiger partial charge >= 0.3 is 0 Å². The summed E-state index contributed by atoms with van der Waals surface area (Å²) in [7, 11) is 0. The number of alkyl halides is 3. The number of benzene rings is 2. The van der Waals surface area contributed by atoms with E-state index < -0.39 is 9.96 Å². The van der Waals surface area contributed by atoms with Gasteiger partial charge in [-0.05, 0) is 29.7 Å². The molecule has 0 unspecified atom stereocenters. The van der Waals surface area contributed by atoms with Gasteiger partial charge in [0, 0.05) is 12.2 Å². The van der Waals surface area contributed by atoms with Crippen molar-refractivity contribution in [1.82, 2.24) is 5.32 Å². The number of fused-ring (bicyclic) bond motifs is 1. The van der Waals surface area contributed by atoms with E-state index in [1.54, 1.807) is 6.07 Å². The molecule has 0 spiro atoms. The molecule has 0 aliphatic carbocycles. The molecule has 0 aromatic heterocycles. The largest absolute Gasteiger partial charge is 0.372 e. The molecule has 0 bridgehead atoms. The van der Waals surface area contributed by atoms with Crippen LogP contribution in [0.5, 0.6) is 0 Å². The van der Waals surface area contributed by atoms with Crippen LogP contribution in [-0.2, 0) is 4.74 Å². The van der Waals surface area contributed by atoms with E-state index in [0.717, 1.165) is 30.2 Å². The highest BCUT2D eigenvalue weighted by molar-refractivity contribution is 6.68. The molecule has 1 fully saturated rings. The molecule has 0 saturated carbocycles. The summed E-state index contributed by atoms with van der Waals surface area (Å²) in [4.78, 5) is 12.8. The fourth-order valence-electron chi connectivity index (χ4n) is 3.03. The van der Waals surface area contributed by atoms with Crippen LogP contribution < -0.4 is 10.6 Å². The average Bonchev–Trinajstić information content (AvgIpc) is 3.10. The van der Waals surface area contributed by atoms with Crippen LogP contribution in [0.1, 0.15) is 23.2 Å². The van der Waals surface area contributed by atoms with Gasteiger partial charge < -0.3 is 10.1 Å². The Balaban J connectivity index is 1.74. The Kier molecular flexibility index (Phi) is 6.08. The van der Waals surface area contributed by atoms with Crippen LogP contribution >= 0.6 is 34.8 Å². The zero-order chi connectivity index (χ0) is 17.9. The second-order valence-corrected chi connectivity index (χ2v) is 8.49. The molecule has 1 saturated heterocycles. The number of quaternary nitrogens is 1. The van der Waals surface area contributed by atoms with Crippen LogP contribution in [0, 0.1) is 0 Å². The van der Waals surface area contributed by atoms with Crippen molar-refractivity contribution in [2.24, 2.45) is 0 Å². The highest BCUT2D eigenvalue weighted by Gasteiger charge is 2.38. The highest BCUT2D eigenvalue weighted by atomic mass is 35.6. The summed E-state index contributed by atoms with van der Waals surface area (Å²) in [6.45, 7) is 1.40. The first-order valence-electron chi connectivity index (χ1n) is 8.25. The van der Waals surface area contributed by atoms with E-state index in [0.29, 0.717) is 12.1 Å². The lowest BCUT2D eigenvalue weighted by molar-refractivity contribution is -0.697. The molecule has 7 heteroatoms. The predicted octanol–water partition coefficient (Wildman–Crippen LogP) is 3.01. The molecule has 25 heavy (non-hydrogen) atoms. The van der Waals surface area contributed by atoms with Crippen molar-refractivity contribution in [3.05, 3.63) is 48.0 Å². The van der Waals surface area contributed by atoms with Crippen molar-refractivity contribution in [1.29, 1.82) is 0 Å². The van der Waals surface area contributed by atoms with E-state index in [1.165, 1.54) is 0 Å². The van der Waals surface area contributed by atoms with Crippen molar-refractivity contribution in [2.75, 3.05) is 13.2 Å². The number of ether oxygens (including phenoxy) is 1. The summed E-state index contributed by atoms with van der Waals surface area (Å²) < 4.78 is 3.96. The summed E-state index contributed by atoms with van der Waals surface area (Å²) in [6.07, 6.45) is 1.46. The molecule has 134 valence electrons. The minimum atomic E-state index is -1.63. The van der Waals surface area contributed by atoms with Crippen molar-refractivity contribution in [3.63, 3.8) is 0 Å². The standard InChI is InChI=1S/C18H19Cl3N2O2/c19-18(20,21)17(22-11-13-7-4-10-25-13)23-16(24)15-9-3-6-12-5-1-2-8-14(12)15/h1-3,5-6,8-9,13,17,22H,4,7,10-11H2,(H,23,24)/p+1/t13-,17-/m1/s1. The number of carbonyl (C=O) groups is 1. The zero-order valence-corrected chi connectivity index (χ0v) is 15.8.